The molecule has 0 fully saturated rings. The molecule has 0 saturated carbocycles. The molecule has 1 aromatic rings. The van der Waals surface area contributed by atoms with Crippen molar-refractivity contribution < 1.29 is 35.4 Å². The van der Waals surface area contributed by atoms with Crippen LogP contribution in [-0.2, 0) is 11.2 Å². The Bertz CT molecular complexity index is 448. The van der Waals surface area contributed by atoms with Gasteiger partial charge >= 0.3 is 0 Å². The van der Waals surface area contributed by atoms with Gasteiger partial charge in [-0.3, -0.25) is 9.97 Å². The number of aromatic nitrogens is 2. The molecule has 0 amide bonds. The lowest BCUT2D eigenvalue weighted by molar-refractivity contribution is -0.0929. The Morgan fingerprint density at radius 2 is 1.64 bits per heavy atom. The van der Waals surface area contributed by atoms with Crippen LogP contribution in [0.5, 0.6) is 0 Å². The highest BCUT2D eigenvalue weighted by Gasteiger charge is 2.29. The normalized spacial score (nSPS) is 18.5. The monoisotopic (exact) mass is 318 g/mol. The van der Waals surface area contributed by atoms with Crippen molar-refractivity contribution in [1.29, 1.82) is 0 Å². The molecule has 6 N–H and O–H groups in total. The molecule has 0 aliphatic rings. The van der Waals surface area contributed by atoms with Crippen LogP contribution >= 0.6 is 0 Å². The summed E-state index contributed by atoms with van der Waals surface area (Å²) in [7, 11) is 1.30. The molecule has 0 aliphatic heterocycles. The number of nitrogens with zero attached hydrogens (tertiary/aromatic N) is 2. The molecular weight excluding hydrogens is 296 g/mol. The van der Waals surface area contributed by atoms with E-state index in [1.165, 1.54) is 19.5 Å². The van der Waals surface area contributed by atoms with Crippen LogP contribution < -0.4 is 0 Å². The summed E-state index contributed by atoms with van der Waals surface area (Å²) in [6.45, 7) is -1.23. The van der Waals surface area contributed by atoms with Gasteiger partial charge in [-0.25, -0.2) is 0 Å². The minimum absolute atomic E-state index is 0.0579. The van der Waals surface area contributed by atoms with E-state index in [-0.39, 0.29) is 12.1 Å². The molecular formula is C13H22N2O7. The van der Waals surface area contributed by atoms with Crippen LogP contribution in [0.3, 0.4) is 0 Å². The quantitative estimate of drug-likeness (QED) is 0.282. The first-order chi connectivity index (χ1) is 10.4. The van der Waals surface area contributed by atoms with E-state index in [2.05, 4.69) is 9.97 Å². The molecule has 0 saturated heterocycles. The Kier molecular flexibility index (Phi) is 7.76. The first-order valence-electron chi connectivity index (χ1n) is 6.72. The van der Waals surface area contributed by atoms with Crippen molar-refractivity contribution in [3.05, 3.63) is 23.8 Å². The summed E-state index contributed by atoms with van der Waals surface area (Å²) in [6.07, 6.45) is -3.73. The summed E-state index contributed by atoms with van der Waals surface area (Å²) in [5.41, 5.74) is 0.510. The van der Waals surface area contributed by atoms with Gasteiger partial charge in [0.25, 0.3) is 0 Å². The predicted octanol–water partition coefficient (Wildman–Crippen LogP) is -2.87. The third-order valence-corrected chi connectivity index (χ3v) is 3.19. The first-order valence-corrected chi connectivity index (χ1v) is 6.72. The number of hydrogen-bond donors (Lipinski definition) is 6. The fourth-order valence-electron chi connectivity index (χ4n) is 1.88. The number of hydrogen-bond acceptors (Lipinski definition) is 9. The van der Waals surface area contributed by atoms with Crippen molar-refractivity contribution in [3.8, 4) is 0 Å². The molecule has 1 rings (SSSR count). The number of ether oxygens (including phenoxy) is 1. The van der Waals surface area contributed by atoms with Crippen molar-refractivity contribution in [2.75, 3.05) is 20.3 Å². The highest BCUT2D eigenvalue weighted by molar-refractivity contribution is 5.09. The van der Waals surface area contributed by atoms with E-state index in [4.69, 9.17) is 14.9 Å². The molecule has 126 valence electrons. The van der Waals surface area contributed by atoms with E-state index in [0.29, 0.717) is 5.69 Å². The number of methoxy groups -OCH3 is 1. The molecule has 0 spiro atoms. The highest BCUT2D eigenvalue weighted by Crippen LogP contribution is 2.21. The number of aliphatic hydroxyl groups excluding tert-OH is 6. The number of rotatable bonds is 9. The lowest BCUT2D eigenvalue weighted by Gasteiger charge is -2.24. The summed E-state index contributed by atoms with van der Waals surface area (Å²) < 4.78 is 5.07. The van der Waals surface area contributed by atoms with Crippen LogP contribution in [0.2, 0.25) is 0 Å². The zero-order valence-corrected chi connectivity index (χ0v) is 12.1. The van der Waals surface area contributed by atoms with Crippen LogP contribution in [0.1, 0.15) is 17.5 Å². The topological polar surface area (TPSA) is 156 Å². The van der Waals surface area contributed by atoms with Gasteiger partial charge in [0.05, 0.1) is 36.9 Å². The van der Waals surface area contributed by atoms with E-state index in [1.807, 2.05) is 0 Å². The van der Waals surface area contributed by atoms with Gasteiger partial charge in [-0.2, -0.15) is 0 Å². The maximum Gasteiger partial charge on any atom is 0.129 e. The second-order valence-corrected chi connectivity index (χ2v) is 4.85. The zero-order chi connectivity index (χ0) is 16.7. The molecule has 1 heterocycles. The summed E-state index contributed by atoms with van der Waals surface area (Å²) in [4.78, 5) is 8.05. The van der Waals surface area contributed by atoms with Crippen molar-refractivity contribution in [2.24, 2.45) is 0 Å². The van der Waals surface area contributed by atoms with Gasteiger partial charge in [0, 0.05) is 19.7 Å². The molecule has 5 atom stereocenters. The Morgan fingerprint density at radius 3 is 2.18 bits per heavy atom. The van der Waals surface area contributed by atoms with Crippen LogP contribution in [0.4, 0.5) is 0 Å². The maximum absolute atomic E-state index is 9.90. The van der Waals surface area contributed by atoms with E-state index in [9.17, 15) is 20.4 Å². The first kappa shape index (κ1) is 18.8. The smallest absolute Gasteiger partial charge is 0.129 e. The molecule has 0 aliphatic carbocycles. The maximum atomic E-state index is 9.90. The molecule has 1 aromatic heterocycles. The summed E-state index contributed by atoms with van der Waals surface area (Å²) >= 11 is 0. The van der Waals surface area contributed by atoms with Crippen molar-refractivity contribution in [1.82, 2.24) is 9.97 Å². The average Bonchev–Trinajstić information content (AvgIpc) is 2.54. The molecule has 0 bridgehead atoms. The second-order valence-electron chi connectivity index (χ2n) is 4.85. The molecule has 0 aromatic carbocycles. The van der Waals surface area contributed by atoms with Gasteiger partial charge in [0.2, 0.25) is 0 Å². The fraction of sp³-hybridized carbons (Fsp3) is 0.692. The molecule has 9 heteroatoms. The molecule has 0 radical (unpaired) electrons. The Labute approximate surface area is 127 Å². The standard InChI is InChI=1S/C13H22N2O7/c1-22-13(12(21)11(20)6-17)8-4-14-3-7(15-8)2-9(18)10(19)5-16/h3-4,9-13,16-21H,2,5-6H2,1H3/t9-,10+,11+,12+,13+/m0/s1. The Hall–Kier alpha value is -1.20. The lowest BCUT2D eigenvalue weighted by Crippen LogP contribution is -2.36. The van der Waals surface area contributed by atoms with Crippen LogP contribution in [0.15, 0.2) is 12.4 Å². The van der Waals surface area contributed by atoms with Gasteiger partial charge in [0.15, 0.2) is 0 Å². The van der Waals surface area contributed by atoms with E-state index in [0.717, 1.165) is 0 Å². The van der Waals surface area contributed by atoms with Crippen LogP contribution in [0.25, 0.3) is 0 Å². The van der Waals surface area contributed by atoms with E-state index in [1.54, 1.807) is 0 Å². The third kappa shape index (κ3) is 4.92. The van der Waals surface area contributed by atoms with Gasteiger partial charge < -0.3 is 35.4 Å². The summed E-state index contributed by atoms with van der Waals surface area (Å²) in [5.74, 6) is 0. The van der Waals surface area contributed by atoms with Gasteiger partial charge in [-0.1, -0.05) is 0 Å². The Morgan fingerprint density at radius 1 is 1.00 bits per heavy atom. The largest absolute Gasteiger partial charge is 0.394 e. The summed E-state index contributed by atoms with van der Waals surface area (Å²) in [6, 6.07) is 0. The Balaban J connectivity index is 2.89. The molecule has 22 heavy (non-hydrogen) atoms. The highest BCUT2D eigenvalue weighted by atomic mass is 16.5. The van der Waals surface area contributed by atoms with Crippen molar-refractivity contribution in [2.45, 2.75) is 36.9 Å². The lowest BCUT2D eigenvalue weighted by atomic mass is 10.0. The van der Waals surface area contributed by atoms with Crippen molar-refractivity contribution in [3.63, 3.8) is 0 Å². The van der Waals surface area contributed by atoms with E-state index >= 15 is 0 Å². The second kappa shape index (κ2) is 9.06. The SMILES string of the molecule is CO[C@H](c1cncc(C[C@H](O)[C@H](O)CO)n1)[C@H](O)[C@H](O)CO. The molecule has 9 nitrogen and oxygen atoms in total. The van der Waals surface area contributed by atoms with Crippen LogP contribution in [-0.4, -0.2) is 85.3 Å². The third-order valence-electron chi connectivity index (χ3n) is 3.19. The minimum atomic E-state index is -1.41. The number of aliphatic hydroxyl groups is 6. The predicted molar refractivity (Wildman–Crippen MR) is 73.7 cm³/mol. The van der Waals surface area contributed by atoms with Crippen molar-refractivity contribution >= 4 is 0 Å². The summed E-state index contributed by atoms with van der Waals surface area (Å²) in [5, 5.41) is 56.0. The molecule has 0 unspecified atom stereocenters. The van der Waals surface area contributed by atoms with Gasteiger partial charge in [-0.15, -0.1) is 0 Å². The van der Waals surface area contributed by atoms with E-state index < -0.39 is 43.7 Å². The zero-order valence-electron chi connectivity index (χ0n) is 12.1. The van der Waals surface area contributed by atoms with Gasteiger partial charge in [0.1, 0.15) is 24.4 Å². The van der Waals surface area contributed by atoms with Crippen LogP contribution in [0, 0.1) is 0 Å². The fourth-order valence-corrected chi connectivity index (χ4v) is 1.88. The minimum Gasteiger partial charge on any atom is -0.394 e. The van der Waals surface area contributed by atoms with Gasteiger partial charge in [-0.05, 0) is 0 Å². The average molecular weight is 318 g/mol.